The number of halogens is 4. The van der Waals surface area contributed by atoms with E-state index in [4.69, 9.17) is 5.26 Å². The highest BCUT2D eigenvalue weighted by atomic mass is 32.2. The third-order valence-corrected chi connectivity index (χ3v) is 3.94. The van der Waals surface area contributed by atoms with Crippen molar-refractivity contribution < 1.29 is 32.2 Å². The van der Waals surface area contributed by atoms with Crippen LogP contribution < -0.4 is 0 Å². The van der Waals surface area contributed by atoms with Crippen molar-refractivity contribution in [2.45, 2.75) is 29.6 Å². The van der Waals surface area contributed by atoms with Gasteiger partial charge in [-0.25, -0.2) is 22.8 Å². The Hall–Kier alpha value is -0.740. The molecule has 0 aliphatic carbocycles. The summed E-state index contributed by atoms with van der Waals surface area (Å²) in [4.78, 5) is -1.83. The van der Waals surface area contributed by atoms with E-state index in [1.54, 1.807) is 6.08 Å². The molecule has 1 aromatic carbocycles. The van der Waals surface area contributed by atoms with Crippen molar-refractivity contribution >= 4 is 23.8 Å². The predicted molar refractivity (Wildman–Crippen MR) is 71.7 cm³/mol. The van der Waals surface area contributed by atoms with Crippen LogP contribution in [-0.2, 0) is 9.37 Å². The summed E-state index contributed by atoms with van der Waals surface area (Å²) in [5.41, 5.74) is 0. The lowest BCUT2D eigenvalue weighted by atomic mass is 10.3. The van der Waals surface area contributed by atoms with Crippen LogP contribution in [0.1, 0.15) is 19.8 Å². The third kappa shape index (κ3) is 4.89. The average molecular weight is 344 g/mol. The van der Waals surface area contributed by atoms with Crippen molar-refractivity contribution in [3.05, 3.63) is 35.4 Å². The minimum absolute atomic E-state index is 0.176. The largest absolute Gasteiger partial charge is 0.220 e. The molecule has 0 unspecified atom stereocenters. The molecule has 0 amide bonds. The predicted octanol–water partition coefficient (Wildman–Crippen LogP) is 5.12. The first-order chi connectivity index (χ1) is 10.0. The number of benzene rings is 1. The van der Waals surface area contributed by atoms with E-state index in [1.807, 2.05) is 13.0 Å². The van der Waals surface area contributed by atoms with Gasteiger partial charge >= 0.3 is 0 Å². The smallest absolute Gasteiger partial charge is 0.179 e. The van der Waals surface area contributed by atoms with Gasteiger partial charge in [0.1, 0.15) is 4.90 Å². The monoisotopic (exact) mass is 344 g/mol. The minimum Gasteiger partial charge on any atom is -0.220 e. The van der Waals surface area contributed by atoms with Gasteiger partial charge in [-0.05, 0) is 6.42 Å². The number of thioether (sulfide) groups is 1. The summed E-state index contributed by atoms with van der Waals surface area (Å²) in [5.74, 6) is -6.10. The summed E-state index contributed by atoms with van der Waals surface area (Å²) in [6, 6.07) is 0. The van der Waals surface area contributed by atoms with Crippen LogP contribution in [0.3, 0.4) is 0 Å². The van der Waals surface area contributed by atoms with Crippen molar-refractivity contribution in [2.75, 3.05) is 5.75 Å². The molecule has 0 bridgehead atoms. The molecular weight excluding hydrogens is 332 g/mol. The summed E-state index contributed by atoms with van der Waals surface area (Å²) in [5, 5.41) is 11.0. The molecule has 0 aromatic heterocycles. The van der Waals surface area contributed by atoms with E-state index in [-0.39, 0.29) is 17.8 Å². The van der Waals surface area contributed by atoms with E-state index < -0.39 is 33.1 Å². The average Bonchev–Trinajstić information content (AvgIpc) is 2.48. The van der Waals surface area contributed by atoms with Crippen LogP contribution >= 0.6 is 23.8 Å². The van der Waals surface area contributed by atoms with Crippen LogP contribution in [0.4, 0.5) is 17.6 Å². The summed E-state index contributed by atoms with van der Waals surface area (Å²) in [6.07, 6.45) is 5.20. The molecule has 0 saturated heterocycles. The van der Waals surface area contributed by atoms with Gasteiger partial charge in [0, 0.05) is 5.75 Å². The van der Waals surface area contributed by atoms with Gasteiger partial charge in [-0.3, -0.25) is 0 Å². The molecule has 118 valence electrons. The minimum atomic E-state index is -1.61. The van der Waals surface area contributed by atoms with Gasteiger partial charge in [-0.2, -0.15) is 0 Å². The van der Waals surface area contributed by atoms with E-state index in [1.165, 1.54) is 0 Å². The van der Waals surface area contributed by atoms with Crippen LogP contribution in [0.25, 0.3) is 0 Å². The second kappa shape index (κ2) is 9.31. The molecule has 0 radical (unpaired) electrons. The molecule has 0 atom stereocenters. The summed E-state index contributed by atoms with van der Waals surface area (Å²) >= 11 is 0.458. The number of hydrogen-bond acceptors (Lipinski definition) is 5. The number of hydrogen-bond donors (Lipinski definition) is 1. The zero-order valence-electron chi connectivity index (χ0n) is 10.9. The molecular formula is C12H12F4O3S2. The van der Waals surface area contributed by atoms with Gasteiger partial charge in [0.2, 0.25) is 0 Å². The first-order valence-corrected chi connectivity index (χ1v) is 7.55. The Morgan fingerprint density at radius 1 is 1.00 bits per heavy atom. The second-order valence-corrected chi connectivity index (χ2v) is 5.45. The topological polar surface area (TPSA) is 38.7 Å². The summed E-state index contributed by atoms with van der Waals surface area (Å²) in [7, 11) is 0. The molecule has 1 rings (SSSR count). The Morgan fingerprint density at radius 3 is 2.10 bits per heavy atom. The molecule has 0 saturated carbocycles. The van der Waals surface area contributed by atoms with E-state index in [0.717, 1.165) is 12.8 Å². The molecule has 21 heavy (non-hydrogen) atoms. The van der Waals surface area contributed by atoms with Crippen molar-refractivity contribution in [1.82, 2.24) is 0 Å². The fourth-order valence-corrected chi connectivity index (χ4v) is 2.58. The maximum absolute atomic E-state index is 13.7. The maximum Gasteiger partial charge on any atom is 0.179 e. The zero-order chi connectivity index (χ0) is 15.8. The standard InChI is InChI=1S/C12H12F4O3S2/c1-2-3-4-5-6-20-11-7(13)9(15)12(21-19-18-17)10(16)8(11)14/h4-5,17H,2-3,6H2,1H3. The third-order valence-electron chi connectivity index (χ3n) is 2.28. The molecule has 0 aliphatic heterocycles. The SMILES string of the molecule is CCCC=CCSc1c(F)c(F)c(SOOO)c(F)c1F. The van der Waals surface area contributed by atoms with Crippen LogP contribution in [0.15, 0.2) is 21.9 Å². The first kappa shape index (κ1) is 18.3. The lowest BCUT2D eigenvalue weighted by molar-refractivity contribution is -0.432. The van der Waals surface area contributed by atoms with Gasteiger partial charge in [-0.15, -0.1) is 16.1 Å². The number of allylic oxidation sites excluding steroid dienone is 1. The van der Waals surface area contributed by atoms with Gasteiger partial charge in [0.25, 0.3) is 0 Å². The lowest BCUT2D eigenvalue weighted by Crippen LogP contribution is -2.02. The summed E-state index contributed by atoms with van der Waals surface area (Å²) in [6.45, 7) is 1.97. The number of unbranched alkanes of at least 4 members (excludes halogenated alkanes) is 1. The Morgan fingerprint density at radius 2 is 1.57 bits per heavy atom. The van der Waals surface area contributed by atoms with Gasteiger partial charge < -0.3 is 0 Å². The zero-order valence-corrected chi connectivity index (χ0v) is 12.5. The fourth-order valence-electron chi connectivity index (χ4n) is 1.32. The van der Waals surface area contributed by atoms with Gasteiger partial charge in [0.15, 0.2) is 23.3 Å². The molecule has 0 aliphatic rings. The quantitative estimate of drug-likeness (QED) is 0.135. The normalized spacial score (nSPS) is 11.5. The highest BCUT2D eigenvalue weighted by Crippen LogP contribution is 2.36. The van der Waals surface area contributed by atoms with Crippen LogP contribution in [0.2, 0.25) is 0 Å². The molecule has 1 N–H and O–H groups in total. The Labute approximate surface area is 127 Å². The highest BCUT2D eigenvalue weighted by molar-refractivity contribution is 7.99. The second-order valence-electron chi connectivity index (χ2n) is 3.71. The Bertz CT molecular complexity index is 483. The van der Waals surface area contributed by atoms with Gasteiger partial charge in [-0.1, -0.05) is 30.5 Å². The van der Waals surface area contributed by atoms with Gasteiger partial charge in [0.05, 0.1) is 16.9 Å². The van der Waals surface area contributed by atoms with E-state index in [0.29, 0.717) is 11.8 Å². The van der Waals surface area contributed by atoms with Crippen molar-refractivity contribution in [1.29, 1.82) is 0 Å². The first-order valence-electron chi connectivity index (χ1n) is 5.83. The molecule has 0 spiro atoms. The van der Waals surface area contributed by atoms with Crippen molar-refractivity contribution in [3.63, 3.8) is 0 Å². The Balaban J connectivity index is 2.95. The summed E-state index contributed by atoms with van der Waals surface area (Å²) < 4.78 is 58.4. The van der Waals surface area contributed by atoms with Crippen molar-refractivity contribution in [2.24, 2.45) is 0 Å². The Kier molecular flexibility index (Phi) is 8.12. The van der Waals surface area contributed by atoms with E-state index >= 15 is 0 Å². The van der Waals surface area contributed by atoms with Crippen LogP contribution in [0, 0.1) is 23.3 Å². The van der Waals surface area contributed by atoms with E-state index in [9.17, 15) is 17.6 Å². The van der Waals surface area contributed by atoms with Crippen LogP contribution in [-0.4, -0.2) is 11.0 Å². The molecule has 9 heteroatoms. The van der Waals surface area contributed by atoms with Crippen molar-refractivity contribution in [3.8, 4) is 0 Å². The van der Waals surface area contributed by atoms with E-state index in [2.05, 4.69) is 9.37 Å². The maximum atomic E-state index is 13.7. The molecule has 1 aromatic rings. The highest BCUT2D eigenvalue weighted by Gasteiger charge is 2.26. The molecule has 0 heterocycles. The molecule has 3 nitrogen and oxygen atoms in total. The fraction of sp³-hybridized carbons (Fsp3) is 0.333. The number of rotatable bonds is 8. The van der Waals surface area contributed by atoms with Crippen LogP contribution in [0.5, 0.6) is 0 Å². The lowest BCUT2D eigenvalue weighted by Gasteiger charge is -2.09. The molecule has 0 fully saturated rings.